The number of rotatable bonds is 1. The molecule has 0 unspecified atom stereocenters. The van der Waals surface area contributed by atoms with Gasteiger partial charge in [0.1, 0.15) is 0 Å². The lowest BCUT2D eigenvalue weighted by molar-refractivity contribution is 0.954. The SMILES string of the molecule is Cc1ccc(C)n1-c1c(Br)cc(I)cc1Br. The monoisotopic (exact) mass is 453 g/mol. The molecular formula is C12H10Br2IN. The number of nitrogens with zero attached hydrogens (tertiary/aromatic N) is 1. The van der Waals surface area contributed by atoms with Crippen LogP contribution in [0.15, 0.2) is 33.2 Å². The van der Waals surface area contributed by atoms with Crippen molar-refractivity contribution in [3.63, 3.8) is 0 Å². The molecule has 0 aliphatic heterocycles. The van der Waals surface area contributed by atoms with Crippen LogP contribution >= 0.6 is 54.5 Å². The highest BCUT2D eigenvalue weighted by Gasteiger charge is 2.12. The third-order valence-electron chi connectivity index (χ3n) is 2.48. The Labute approximate surface area is 126 Å². The van der Waals surface area contributed by atoms with Gasteiger partial charge in [0.25, 0.3) is 0 Å². The summed E-state index contributed by atoms with van der Waals surface area (Å²) in [5.41, 5.74) is 3.64. The van der Waals surface area contributed by atoms with Crippen LogP contribution in [0.1, 0.15) is 11.4 Å². The summed E-state index contributed by atoms with van der Waals surface area (Å²) in [6.07, 6.45) is 0. The zero-order chi connectivity index (χ0) is 11.9. The quantitative estimate of drug-likeness (QED) is 0.520. The van der Waals surface area contributed by atoms with Crippen molar-refractivity contribution >= 4 is 54.5 Å². The minimum absolute atomic E-state index is 1.11. The molecule has 0 aliphatic carbocycles. The van der Waals surface area contributed by atoms with Crippen LogP contribution in [0.25, 0.3) is 5.69 Å². The highest BCUT2D eigenvalue weighted by Crippen LogP contribution is 2.33. The van der Waals surface area contributed by atoms with Crippen LogP contribution in [-0.2, 0) is 0 Å². The van der Waals surface area contributed by atoms with E-state index in [1.54, 1.807) is 0 Å². The molecule has 0 spiro atoms. The lowest BCUT2D eigenvalue weighted by Crippen LogP contribution is -2.01. The van der Waals surface area contributed by atoms with Gasteiger partial charge in [0, 0.05) is 23.9 Å². The normalized spacial score (nSPS) is 10.8. The summed E-state index contributed by atoms with van der Waals surface area (Å²) in [7, 11) is 0. The van der Waals surface area contributed by atoms with Crippen LogP contribution in [0.3, 0.4) is 0 Å². The fraction of sp³-hybridized carbons (Fsp3) is 0.167. The zero-order valence-corrected chi connectivity index (χ0v) is 14.2. The van der Waals surface area contributed by atoms with Gasteiger partial charge in [-0.1, -0.05) is 0 Å². The van der Waals surface area contributed by atoms with Gasteiger partial charge in [0.15, 0.2) is 0 Å². The highest BCUT2D eigenvalue weighted by atomic mass is 127. The Balaban J connectivity index is 2.74. The largest absolute Gasteiger partial charge is 0.316 e. The summed E-state index contributed by atoms with van der Waals surface area (Å²) in [6.45, 7) is 4.23. The third kappa shape index (κ3) is 2.24. The van der Waals surface area contributed by atoms with Gasteiger partial charge in [0.2, 0.25) is 0 Å². The molecule has 0 bridgehead atoms. The number of hydrogen-bond acceptors (Lipinski definition) is 0. The second-order valence-electron chi connectivity index (χ2n) is 3.67. The number of hydrogen-bond donors (Lipinski definition) is 0. The van der Waals surface area contributed by atoms with E-state index in [-0.39, 0.29) is 0 Å². The fourth-order valence-corrected chi connectivity index (χ4v) is 4.79. The molecule has 0 N–H and O–H groups in total. The van der Waals surface area contributed by atoms with Gasteiger partial charge in [0.05, 0.1) is 5.69 Å². The lowest BCUT2D eigenvalue weighted by Gasteiger charge is -2.14. The van der Waals surface area contributed by atoms with E-state index in [1.807, 2.05) is 0 Å². The second kappa shape index (κ2) is 4.82. The minimum Gasteiger partial charge on any atom is -0.316 e. The van der Waals surface area contributed by atoms with Crippen LogP contribution in [-0.4, -0.2) is 4.57 Å². The zero-order valence-electron chi connectivity index (χ0n) is 8.89. The van der Waals surface area contributed by atoms with Gasteiger partial charge in [-0.15, -0.1) is 0 Å². The fourth-order valence-electron chi connectivity index (χ4n) is 1.77. The Morgan fingerprint density at radius 1 is 1.00 bits per heavy atom. The first-order chi connectivity index (χ1) is 7.50. The van der Waals surface area contributed by atoms with E-state index in [0.717, 1.165) is 8.95 Å². The molecule has 0 radical (unpaired) electrons. The molecule has 0 atom stereocenters. The van der Waals surface area contributed by atoms with E-state index in [1.165, 1.54) is 20.6 Å². The number of aromatic nitrogens is 1. The van der Waals surface area contributed by atoms with E-state index in [2.05, 4.69) is 97.1 Å². The van der Waals surface area contributed by atoms with Gasteiger partial charge >= 0.3 is 0 Å². The maximum atomic E-state index is 3.63. The molecule has 84 valence electrons. The van der Waals surface area contributed by atoms with Crippen molar-refractivity contribution in [1.29, 1.82) is 0 Å². The molecule has 2 aromatic rings. The van der Waals surface area contributed by atoms with Crippen molar-refractivity contribution in [2.24, 2.45) is 0 Å². The van der Waals surface area contributed by atoms with Crippen LogP contribution in [0.2, 0.25) is 0 Å². The Hall–Kier alpha value is 0.190. The Morgan fingerprint density at radius 3 is 1.88 bits per heavy atom. The topological polar surface area (TPSA) is 4.93 Å². The number of benzene rings is 1. The van der Waals surface area contributed by atoms with E-state index in [9.17, 15) is 0 Å². The van der Waals surface area contributed by atoms with Crippen molar-refractivity contribution in [2.75, 3.05) is 0 Å². The van der Waals surface area contributed by atoms with E-state index in [4.69, 9.17) is 0 Å². The van der Waals surface area contributed by atoms with Gasteiger partial charge in [-0.2, -0.15) is 0 Å². The van der Waals surface area contributed by atoms with E-state index in [0.29, 0.717) is 0 Å². The molecule has 1 heterocycles. The van der Waals surface area contributed by atoms with Gasteiger partial charge in [-0.3, -0.25) is 0 Å². The molecule has 16 heavy (non-hydrogen) atoms. The van der Waals surface area contributed by atoms with Crippen LogP contribution in [0.4, 0.5) is 0 Å². The Morgan fingerprint density at radius 2 is 1.44 bits per heavy atom. The molecule has 1 aromatic carbocycles. The first kappa shape index (κ1) is 12.6. The first-order valence-electron chi connectivity index (χ1n) is 4.80. The van der Waals surface area contributed by atoms with Crippen molar-refractivity contribution in [3.8, 4) is 5.69 Å². The molecular weight excluding hydrogens is 445 g/mol. The average molecular weight is 455 g/mol. The predicted molar refractivity (Wildman–Crippen MR) is 83.4 cm³/mol. The molecule has 0 amide bonds. The first-order valence-corrected chi connectivity index (χ1v) is 7.47. The molecule has 0 saturated heterocycles. The predicted octanol–water partition coefficient (Wildman–Crippen LogP) is 5.22. The third-order valence-corrected chi connectivity index (χ3v) is 4.31. The average Bonchev–Trinajstić information content (AvgIpc) is 2.47. The van der Waals surface area contributed by atoms with Crippen LogP contribution < -0.4 is 0 Å². The minimum atomic E-state index is 1.11. The van der Waals surface area contributed by atoms with E-state index < -0.39 is 0 Å². The van der Waals surface area contributed by atoms with Crippen molar-refractivity contribution in [3.05, 3.63) is 48.2 Å². The van der Waals surface area contributed by atoms with Crippen molar-refractivity contribution < 1.29 is 0 Å². The molecule has 0 saturated carbocycles. The molecule has 2 rings (SSSR count). The summed E-state index contributed by atoms with van der Waals surface area (Å²) in [4.78, 5) is 0. The summed E-state index contributed by atoms with van der Waals surface area (Å²) >= 11 is 9.58. The number of aryl methyl sites for hydroxylation is 2. The number of halogens is 3. The van der Waals surface area contributed by atoms with Crippen LogP contribution in [0.5, 0.6) is 0 Å². The van der Waals surface area contributed by atoms with Crippen molar-refractivity contribution in [1.82, 2.24) is 4.57 Å². The summed E-state index contributed by atoms with van der Waals surface area (Å²) in [6, 6.07) is 8.51. The van der Waals surface area contributed by atoms with Gasteiger partial charge in [-0.05, 0) is 92.6 Å². The molecule has 1 aromatic heterocycles. The van der Waals surface area contributed by atoms with E-state index >= 15 is 0 Å². The summed E-state index contributed by atoms with van der Waals surface area (Å²) in [5.74, 6) is 0. The van der Waals surface area contributed by atoms with Crippen LogP contribution in [0, 0.1) is 17.4 Å². The maximum absolute atomic E-state index is 3.63. The molecule has 4 heteroatoms. The second-order valence-corrected chi connectivity index (χ2v) is 6.62. The van der Waals surface area contributed by atoms with Gasteiger partial charge in [-0.25, -0.2) is 0 Å². The molecule has 0 aliphatic rings. The lowest BCUT2D eigenvalue weighted by atomic mass is 10.3. The highest BCUT2D eigenvalue weighted by molar-refractivity contribution is 14.1. The Kier molecular flexibility index (Phi) is 3.81. The Bertz CT molecular complexity index is 503. The molecule has 1 nitrogen and oxygen atoms in total. The van der Waals surface area contributed by atoms with Crippen molar-refractivity contribution in [2.45, 2.75) is 13.8 Å². The summed E-state index contributed by atoms with van der Waals surface area (Å²) < 4.78 is 5.66. The molecule has 0 fully saturated rings. The standard InChI is InChI=1S/C12H10Br2IN/c1-7-3-4-8(2)16(7)12-10(13)5-9(15)6-11(12)14/h3-6H,1-2H3. The maximum Gasteiger partial charge on any atom is 0.0740 e. The van der Waals surface area contributed by atoms with Gasteiger partial charge < -0.3 is 4.57 Å². The smallest absolute Gasteiger partial charge is 0.0740 e. The summed E-state index contributed by atoms with van der Waals surface area (Å²) in [5, 5.41) is 0.